The molecule has 0 fully saturated rings. The minimum absolute atomic E-state index is 0.0430. The summed E-state index contributed by atoms with van der Waals surface area (Å²) in [5.74, 6) is -2.83. The summed E-state index contributed by atoms with van der Waals surface area (Å²) in [5.41, 5.74) is 0. The fourth-order valence-corrected chi connectivity index (χ4v) is 2.21. The molecule has 0 aliphatic rings. The Kier molecular flexibility index (Phi) is 7.58. The highest BCUT2D eigenvalue weighted by Crippen LogP contribution is 2.46. The van der Waals surface area contributed by atoms with Crippen molar-refractivity contribution in [1.29, 1.82) is 0 Å². The summed E-state index contributed by atoms with van der Waals surface area (Å²) in [4.78, 5) is 25.2. The number of hydrogen-bond donors (Lipinski definition) is 3. The van der Waals surface area contributed by atoms with Crippen LogP contribution in [0.1, 0.15) is 6.92 Å². The van der Waals surface area contributed by atoms with E-state index in [1.807, 2.05) is 0 Å². The number of carbonyl (C=O) groups excluding carboxylic acids is 1. The van der Waals surface area contributed by atoms with Crippen molar-refractivity contribution in [1.82, 2.24) is 5.32 Å². The average Bonchev–Trinajstić information content (AvgIpc) is 2.44. The van der Waals surface area contributed by atoms with Gasteiger partial charge in [-0.2, -0.15) is 0 Å². The van der Waals surface area contributed by atoms with Crippen LogP contribution >= 0.6 is 30.8 Å². The number of rotatable bonds is 8. The van der Waals surface area contributed by atoms with Crippen LogP contribution in [0, 0.1) is 0 Å². The van der Waals surface area contributed by atoms with Crippen LogP contribution < -0.4 is 10.2 Å². The molecule has 22 heavy (non-hydrogen) atoms. The Morgan fingerprint density at radius 3 is 2.73 bits per heavy atom. The van der Waals surface area contributed by atoms with Gasteiger partial charge in [0, 0.05) is 5.02 Å². The molecule has 0 spiro atoms. The molecule has 0 aliphatic carbocycles. The van der Waals surface area contributed by atoms with Gasteiger partial charge >= 0.3 is 13.6 Å². The van der Waals surface area contributed by atoms with Gasteiger partial charge < -0.3 is 19.6 Å². The minimum atomic E-state index is -4.63. The van der Waals surface area contributed by atoms with Crippen LogP contribution in [0.2, 0.25) is 10.0 Å². The van der Waals surface area contributed by atoms with Crippen molar-refractivity contribution >= 4 is 36.8 Å². The van der Waals surface area contributed by atoms with Gasteiger partial charge in [-0.25, -0.2) is 0 Å². The predicted octanol–water partition coefficient (Wildman–Crippen LogP) is 1.92. The van der Waals surface area contributed by atoms with Gasteiger partial charge in [0.2, 0.25) is 5.97 Å². The quantitative estimate of drug-likeness (QED) is 0.208. The Labute approximate surface area is 136 Å². The highest BCUT2D eigenvalue weighted by atomic mass is 35.5. The zero-order valence-corrected chi connectivity index (χ0v) is 13.8. The fraction of sp³-hybridized carbons (Fsp3) is 0.364. The van der Waals surface area contributed by atoms with Gasteiger partial charge in [-0.3, -0.25) is 14.7 Å². The molecule has 124 valence electrons. The maximum absolute atomic E-state index is 11.7. The Bertz CT molecular complexity index is 571. The van der Waals surface area contributed by atoms with Crippen molar-refractivity contribution in [2.75, 3.05) is 13.2 Å². The number of hydrogen-bond acceptors (Lipinski definition) is 7. The lowest BCUT2D eigenvalue weighted by atomic mass is 10.3. The van der Waals surface area contributed by atoms with Crippen molar-refractivity contribution < 1.29 is 33.7 Å². The molecule has 1 rings (SSSR count). The molecule has 0 bridgehead atoms. The summed E-state index contributed by atoms with van der Waals surface area (Å²) in [6.45, 7) is 1.25. The number of aliphatic hydroxyl groups excluding tert-OH is 1. The summed E-state index contributed by atoms with van der Waals surface area (Å²) in [6, 6.07) is 4.06. The molecule has 2 unspecified atom stereocenters. The Balaban J connectivity index is 2.55. The van der Waals surface area contributed by atoms with E-state index in [1.165, 1.54) is 18.2 Å². The summed E-state index contributed by atoms with van der Waals surface area (Å²) in [6.07, 6.45) is 0. The van der Waals surface area contributed by atoms with E-state index in [0.717, 1.165) is 0 Å². The van der Waals surface area contributed by atoms with Crippen LogP contribution in [0.5, 0.6) is 5.75 Å². The van der Waals surface area contributed by atoms with Gasteiger partial charge in [-0.15, -0.1) is 0 Å². The minimum Gasteiger partial charge on any atom is -0.465 e. The van der Waals surface area contributed by atoms with E-state index >= 15 is 0 Å². The number of halogens is 2. The number of benzene rings is 1. The topological polar surface area (TPSA) is 114 Å². The maximum atomic E-state index is 11.7. The zero-order chi connectivity index (χ0) is 16.8. The summed E-state index contributed by atoms with van der Waals surface area (Å²) in [5, 5.41) is 11.9. The standard InChI is InChI=1S/C11H14Cl2NO7P/c1-2-19-10(15)6-14-11(16)22(17,18)21-20-9-4-3-7(12)5-8(9)13/h3-5,11,14,16H,2,6H2,1H3,(H,17,18). The third-order valence-electron chi connectivity index (χ3n) is 2.17. The van der Waals surface area contributed by atoms with E-state index < -0.39 is 26.1 Å². The second-order valence-corrected chi connectivity index (χ2v) is 6.47. The zero-order valence-electron chi connectivity index (χ0n) is 11.4. The van der Waals surface area contributed by atoms with Crippen molar-refractivity contribution in [3.05, 3.63) is 28.2 Å². The van der Waals surface area contributed by atoms with Crippen molar-refractivity contribution in [2.24, 2.45) is 0 Å². The lowest BCUT2D eigenvalue weighted by Crippen LogP contribution is -2.34. The Morgan fingerprint density at radius 1 is 1.45 bits per heavy atom. The number of aliphatic hydroxyl groups is 1. The van der Waals surface area contributed by atoms with Crippen molar-refractivity contribution in [3.63, 3.8) is 0 Å². The number of carbonyl (C=O) groups is 1. The van der Waals surface area contributed by atoms with Gasteiger partial charge in [-0.05, 0) is 25.1 Å². The highest BCUT2D eigenvalue weighted by molar-refractivity contribution is 7.53. The van der Waals surface area contributed by atoms with Crippen molar-refractivity contribution in [2.45, 2.75) is 12.9 Å². The largest absolute Gasteiger partial charge is 0.465 e. The van der Waals surface area contributed by atoms with Crippen LogP contribution in [-0.4, -0.2) is 35.1 Å². The summed E-state index contributed by atoms with van der Waals surface area (Å²) >= 11 is 11.5. The second-order valence-electron chi connectivity index (χ2n) is 3.86. The molecule has 0 saturated carbocycles. The van der Waals surface area contributed by atoms with Crippen LogP contribution in [0.15, 0.2) is 18.2 Å². The van der Waals surface area contributed by atoms with Crippen LogP contribution in [0.3, 0.4) is 0 Å². The molecule has 1 aromatic carbocycles. The lowest BCUT2D eigenvalue weighted by molar-refractivity contribution is -0.142. The molecule has 0 radical (unpaired) electrons. The normalized spacial score (nSPS) is 15.0. The monoisotopic (exact) mass is 373 g/mol. The van der Waals surface area contributed by atoms with E-state index in [2.05, 4.69) is 19.6 Å². The SMILES string of the molecule is CCOC(=O)CNC(O)P(=O)(O)OOc1ccc(Cl)cc1Cl. The third kappa shape index (κ3) is 6.10. The molecule has 0 aliphatic heterocycles. The van der Waals surface area contributed by atoms with Crippen molar-refractivity contribution in [3.8, 4) is 5.75 Å². The lowest BCUT2D eigenvalue weighted by Gasteiger charge is -2.17. The number of ether oxygens (including phenoxy) is 1. The number of esters is 1. The molecule has 1 aromatic rings. The highest BCUT2D eigenvalue weighted by Gasteiger charge is 2.33. The van der Waals surface area contributed by atoms with E-state index in [0.29, 0.717) is 5.02 Å². The molecule has 0 aromatic heterocycles. The molecular weight excluding hydrogens is 360 g/mol. The van der Waals surface area contributed by atoms with Crippen LogP contribution in [0.25, 0.3) is 0 Å². The predicted molar refractivity (Wildman–Crippen MR) is 78.6 cm³/mol. The maximum Gasteiger partial charge on any atom is 0.408 e. The van der Waals surface area contributed by atoms with Gasteiger partial charge in [0.25, 0.3) is 0 Å². The molecule has 2 atom stereocenters. The van der Waals surface area contributed by atoms with Gasteiger partial charge in [-0.1, -0.05) is 27.9 Å². The van der Waals surface area contributed by atoms with Crippen LogP contribution in [0.4, 0.5) is 0 Å². The summed E-state index contributed by atoms with van der Waals surface area (Å²) in [7, 11) is -4.63. The molecule has 3 N–H and O–H groups in total. The van der Waals surface area contributed by atoms with Crippen LogP contribution in [-0.2, 0) is 18.8 Å². The van der Waals surface area contributed by atoms with E-state index in [1.54, 1.807) is 6.92 Å². The first-order valence-electron chi connectivity index (χ1n) is 5.97. The first kappa shape index (κ1) is 19.2. The average molecular weight is 374 g/mol. The molecule has 11 heteroatoms. The molecule has 0 saturated heterocycles. The van der Waals surface area contributed by atoms with E-state index in [4.69, 9.17) is 23.2 Å². The van der Waals surface area contributed by atoms with E-state index in [9.17, 15) is 19.4 Å². The first-order chi connectivity index (χ1) is 10.3. The molecule has 8 nitrogen and oxygen atoms in total. The Hall–Kier alpha value is -0.860. The van der Waals surface area contributed by atoms with Gasteiger partial charge in [0.05, 0.1) is 18.2 Å². The molecule has 0 amide bonds. The number of nitrogens with one attached hydrogen (secondary N) is 1. The van der Waals surface area contributed by atoms with Gasteiger partial charge in [0.15, 0.2) is 5.75 Å². The first-order valence-corrected chi connectivity index (χ1v) is 8.37. The summed E-state index contributed by atoms with van der Waals surface area (Å²) < 4.78 is 20.6. The smallest absolute Gasteiger partial charge is 0.408 e. The van der Waals surface area contributed by atoms with E-state index in [-0.39, 0.29) is 17.4 Å². The molecule has 0 heterocycles. The molecular formula is C11H14Cl2NO7P. The second kappa shape index (κ2) is 8.69. The Morgan fingerprint density at radius 2 is 2.14 bits per heavy atom. The fourth-order valence-electron chi connectivity index (χ4n) is 1.18. The van der Waals surface area contributed by atoms with Gasteiger partial charge in [0.1, 0.15) is 0 Å². The third-order valence-corrected chi connectivity index (χ3v) is 3.79.